The summed E-state index contributed by atoms with van der Waals surface area (Å²) in [6.07, 6.45) is 5.79. The molecule has 0 unspecified atom stereocenters. The Morgan fingerprint density at radius 2 is 1.17 bits per heavy atom. The van der Waals surface area contributed by atoms with Crippen LogP contribution in [0.4, 0.5) is 11.4 Å². The zero-order valence-electron chi connectivity index (χ0n) is 14.8. The van der Waals surface area contributed by atoms with Gasteiger partial charge < -0.3 is 4.90 Å². The van der Waals surface area contributed by atoms with Gasteiger partial charge in [-0.25, -0.2) is 0 Å². The van der Waals surface area contributed by atoms with E-state index in [1.807, 2.05) is 0 Å². The molecule has 0 atom stereocenters. The maximum absolute atomic E-state index is 2.46. The maximum atomic E-state index is 2.46. The van der Waals surface area contributed by atoms with E-state index < -0.39 is 0 Å². The van der Waals surface area contributed by atoms with Crippen LogP contribution in [-0.2, 0) is 0 Å². The summed E-state index contributed by atoms with van der Waals surface area (Å²) in [4.78, 5) is 2.46. The summed E-state index contributed by atoms with van der Waals surface area (Å²) in [5.41, 5.74) is 5.57. The molecule has 1 heteroatoms. The second-order valence-corrected chi connectivity index (χ2v) is 5.91. The lowest BCUT2D eigenvalue weighted by Crippen LogP contribution is -2.18. The zero-order chi connectivity index (χ0) is 16.5. The lowest BCUT2D eigenvalue weighted by Gasteiger charge is -2.30. The average molecular weight is 307 g/mol. The lowest BCUT2D eigenvalue weighted by molar-refractivity contribution is 0.785. The number of rotatable bonds is 8. The van der Waals surface area contributed by atoms with Crippen molar-refractivity contribution in [2.24, 2.45) is 0 Å². The van der Waals surface area contributed by atoms with Crippen molar-refractivity contribution in [1.29, 1.82) is 0 Å². The molecule has 0 heterocycles. The van der Waals surface area contributed by atoms with Gasteiger partial charge in [-0.05, 0) is 43.5 Å². The Morgan fingerprint density at radius 3 is 1.57 bits per heavy atom. The first kappa shape index (κ1) is 17.3. The van der Waals surface area contributed by atoms with Gasteiger partial charge in [0.2, 0.25) is 0 Å². The summed E-state index contributed by atoms with van der Waals surface area (Å²) in [5, 5.41) is 0. The van der Waals surface area contributed by atoms with Crippen molar-refractivity contribution in [3.8, 4) is 0 Å². The number of benzene rings is 2. The third kappa shape index (κ3) is 4.48. The number of anilines is 2. The van der Waals surface area contributed by atoms with Crippen LogP contribution < -0.4 is 4.90 Å². The minimum Gasteiger partial charge on any atom is -0.314 e. The van der Waals surface area contributed by atoms with Gasteiger partial charge in [0.05, 0.1) is 0 Å². The molecule has 2 rings (SSSR count). The van der Waals surface area contributed by atoms with Crippen LogP contribution in [0.1, 0.15) is 52.9 Å². The predicted octanol–water partition coefficient (Wildman–Crippen LogP) is 7.09. The van der Waals surface area contributed by atoms with E-state index in [1.165, 1.54) is 36.3 Å². The Bertz CT molecular complexity index is 559. The maximum Gasteiger partial charge on any atom is 0.0458 e. The lowest BCUT2D eigenvalue weighted by atomic mass is 10.0. The third-order valence-corrected chi connectivity index (χ3v) is 4.17. The molecule has 2 aromatic rings. The molecule has 0 bridgehead atoms. The van der Waals surface area contributed by atoms with Gasteiger partial charge in [0.25, 0.3) is 0 Å². The second-order valence-electron chi connectivity index (χ2n) is 5.91. The highest BCUT2D eigenvalue weighted by molar-refractivity contribution is 5.68. The van der Waals surface area contributed by atoms with Crippen LogP contribution in [0.5, 0.6) is 0 Å². The fourth-order valence-electron chi connectivity index (χ4n) is 3.13. The van der Waals surface area contributed by atoms with Crippen LogP contribution in [0.2, 0.25) is 0 Å². The molecule has 23 heavy (non-hydrogen) atoms. The first-order valence-electron chi connectivity index (χ1n) is 8.92. The highest BCUT2D eigenvalue weighted by Gasteiger charge is 2.17. The minimum absolute atomic E-state index is 1.12. The normalized spacial score (nSPS) is 12.0. The van der Waals surface area contributed by atoms with Crippen LogP contribution in [0, 0.1) is 0 Å². The molecule has 0 N–H and O–H groups in total. The van der Waals surface area contributed by atoms with Gasteiger partial charge in [-0.15, -0.1) is 0 Å². The van der Waals surface area contributed by atoms with E-state index in [0.717, 1.165) is 12.8 Å². The molecule has 0 fully saturated rings. The molecule has 0 radical (unpaired) electrons. The van der Waals surface area contributed by atoms with E-state index in [0.29, 0.717) is 0 Å². The molecule has 0 saturated carbocycles. The van der Waals surface area contributed by atoms with Crippen molar-refractivity contribution in [3.05, 3.63) is 71.9 Å². The molecule has 122 valence electrons. The van der Waals surface area contributed by atoms with E-state index in [-0.39, 0.29) is 0 Å². The van der Waals surface area contributed by atoms with Crippen molar-refractivity contribution in [1.82, 2.24) is 0 Å². The summed E-state index contributed by atoms with van der Waals surface area (Å²) < 4.78 is 0. The second kappa shape index (κ2) is 9.19. The van der Waals surface area contributed by atoms with Crippen molar-refractivity contribution in [3.63, 3.8) is 0 Å². The standard InChI is InChI=1S/C22H29N/c1-4-13-19(6-3)22(14-5-2)23(20-15-9-7-10-16-20)21-17-11-8-12-18-21/h7-12,15-18H,4-6,13-14H2,1-3H3/b22-19+. The molecule has 1 nitrogen and oxygen atoms in total. The predicted molar refractivity (Wildman–Crippen MR) is 102 cm³/mol. The molecular weight excluding hydrogens is 278 g/mol. The van der Waals surface area contributed by atoms with Gasteiger partial charge >= 0.3 is 0 Å². The van der Waals surface area contributed by atoms with E-state index in [9.17, 15) is 0 Å². The molecule has 0 saturated heterocycles. The topological polar surface area (TPSA) is 3.24 Å². The molecule has 0 aliphatic carbocycles. The fourth-order valence-corrected chi connectivity index (χ4v) is 3.13. The van der Waals surface area contributed by atoms with Crippen molar-refractivity contribution < 1.29 is 0 Å². The quantitative estimate of drug-likeness (QED) is 0.503. The van der Waals surface area contributed by atoms with Gasteiger partial charge in [-0.2, -0.15) is 0 Å². The Morgan fingerprint density at radius 1 is 0.696 bits per heavy atom. The summed E-state index contributed by atoms with van der Waals surface area (Å²) in [6.45, 7) is 6.83. The largest absolute Gasteiger partial charge is 0.314 e. The van der Waals surface area contributed by atoms with Gasteiger partial charge in [0.1, 0.15) is 0 Å². The number of allylic oxidation sites excluding steroid dienone is 2. The SMILES string of the molecule is CCC/C(CC)=C(\CCC)N(c1ccccc1)c1ccccc1. The number of para-hydroxylation sites is 2. The van der Waals surface area contributed by atoms with Crippen molar-refractivity contribution >= 4 is 11.4 Å². The van der Waals surface area contributed by atoms with Crippen molar-refractivity contribution in [2.75, 3.05) is 4.90 Å². The molecule has 0 spiro atoms. The Balaban J connectivity index is 2.58. The summed E-state index contributed by atoms with van der Waals surface area (Å²) in [5.74, 6) is 0. The van der Waals surface area contributed by atoms with E-state index in [1.54, 1.807) is 5.57 Å². The van der Waals surface area contributed by atoms with E-state index in [4.69, 9.17) is 0 Å². The molecule has 0 aromatic heterocycles. The highest BCUT2D eigenvalue weighted by atomic mass is 15.1. The van der Waals surface area contributed by atoms with E-state index in [2.05, 4.69) is 86.3 Å². The van der Waals surface area contributed by atoms with Crippen LogP contribution >= 0.6 is 0 Å². The van der Waals surface area contributed by atoms with E-state index >= 15 is 0 Å². The van der Waals surface area contributed by atoms with Crippen molar-refractivity contribution in [2.45, 2.75) is 52.9 Å². The molecule has 0 aliphatic heterocycles. The number of hydrogen-bond donors (Lipinski definition) is 0. The monoisotopic (exact) mass is 307 g/mol. The molecular formula is C22H29N. The fraction of sp³-hybridized carbons (Fsp3) is 0.364. The summed E-state index contributed by atoms with van der Waals surface area (Å²) >= 11 is 0. The smallest absolute Gasteiger partial charge is 0.0458 e. The van der Waals surface area contributed by atoms with Gasteiger partial charge in [0.15, 0.2) is 0 Å². The Kier molecular flexibility index (Phi) is 6.93. The van der Waals surface area contributed by atoms with Crippen LogP contribution in [-0.4, -0.2) is 0 Å². The van der Waals surface area contributed by atoms with Gasteiger partial charge in [0, 0.05) is 17.1 Å². The van der Waals surface area contributed by atoms with Gasteiger partial charge in [-0.1, -0.05) is 75.6 Å². The molecule has 2 aromatic carbocycles. The first-order chi connectivity index (χ1) is 11.3. The Hall–Kier alpha value is -2.02. The first-order valence-corrected chi connectivity index (χ1v) is 8.92. The highest BCUT2D eigenvalue weighted by Crippen LogP contribution is 2.34. The summed E-state index contributed by atoms with van der Waals surface area (Å²) in [6, 6.07) is 21.5. The van der Waals surface area contributed by atoms with Crippen LogP contribution in [0.15, 0.2) is 71.9 Å². The van der Waals surface area contributed by atoms with Crippen LogP contribution in [0.25, 0.3) is 0 Å². The number of nitrogens with zero attached hydrogens (tertiary/aromatic N) is 1. The van der Waals surface area contributed by atoms with Crippen LogP contribution in [0.3, 0.4) is 0 Å². The molecule has 0 aliphatic rings. The van der Waals surface area contributed by atoms with Gasteiger partial charge in [-0.3, -0.25) is 0 Å². The molecule has 0 amide bonds. The Labute approximate surface area is 141 Å². The third-order valence-electron chi connectivity index (χ3n) is 4.17. The average Bonchev–Trinajstić information content (AvgIpc) is 2.61. The minimum atomic E-state index is 1.12. The summed E-state index contributed by atoms with van der Waals surface area (Å²) in [7, 11) is 0. The zero-order valence-corrected chi connectivity index (χ0v) is 14.8. The number of hydrogen-bond acceptors (Lipinski definition) is 1.